The fraction of sp³-hybridized carbons (Fsp3) is 0.444. The van der Waals surface area contributed by atoms with Crippen molar-refractivity contribution in [1.82, 2.24) is 9.36 Å². The van der Waals surface area contributed by atoms with E-state index in [1.165, 1.54) is 12.1 Å². The molecule has 1 heterocycles. The second kappa shape index (κ2) is 9.38. The summed E-state index contributed by atoms with van der Waals surface area (Å²) in [6, 6.07) is 3.21. The largest absolute Gasteiger partial charge is 0.325 e. The SMILES string of the molecule is CCCCCC(=O)c1cc(F)ccc1NC(=O)Nc1nc(C(C)C)ns1. The van der Waals surface area contributed by atoms with Crippen molar-refractivity contribution in [1.29, 1.82) is 0 Å². The van der Waals surface area contributed by atoms with E-state index in [2.05, 4.69) is 20.0 Å². The number of hydrogen-bond acceptors (Lipinski definition) is 5. The fourth-order valence-electron chi connectivity index (χ4n) is 2.30. The van der Waals surface area contributed by atoms with Crippen LogP contribution in [-0.2, 0) is 0 Å². The van der Waals surface area contributed by atoms with Crippen LogP contribution in [0.1, 0.15) is 68.6 Å². The maximum Gasteiger partial charge on any atom is 0.325 e. The Bertz CT molecular complexity index is 776. The summed E-state index contributed by atoms with van der Waals surface area (Å²) in [5, 5.41) is 5.55. The summed E-state index contributed by atoms with van der Waals surface area (Å²) in [4.78, 5) is 28.8. The molecule has 0 unspecified atom stereocenters. The van der Waals surface area contributed by atoms with E-state index in [-0.39, 0.29) is 23.0 Å². The van der Waals surface area contributed by atoms with Crippen molar-refractivity contribution in [3.63, 3.8) is 0 Å². The highest BCUT2D eigenvalue weighted by Gasteiger charge is 2.16. The molecule has 0 spiro atoms. The first-order valence-electron chi connectivity index (χ1n) is 8.65. The Hall–Kier alpha value is -2.35. The molecule has 0 aliphatic rings. The van der Waals surface area contributed by atoms with Crippen LogP contribution >= 0.6 is 11.5 Å². The number of unbranched alkanes of at least 4 members (excludes halogenated alkanes) is 2. The van der Waals surface area contributed by atoms with Crippen molar-refractivity contribution < 1.29 is 14.0 Å². The van der Waals surface area contributed by atoms with Gasteiger partial charge in [0.05, 0.1) is 5.69 Å². The standard InChI is InChI=1S/C18H23FN4O2S/c1-4-5-6-7-15(24)13-10-12(19)8-9-14(13)20-17(25)22-18-21-16(11(2)3)23-26-18/h8-11H,4-7H2,1-3H3,(H2,20,21,22,23,25). The molecule has 2 N–H and O–H groups in total. The van der Waals surface area contributed by atoms with Gasteiger partial charge in [-0.3, -0.25) is 10.1 Å². The van der Waals surface area contributed by atoms with Gasteiger partial charge in [0.2, 0.25) is 5.13 Å². The number of anilines is 2. The zero-order valence-electron chi connectivity index (χ0n) is 15.1. The third kappa shape index (κ3) is 5.59. The van der Waals surface area contributed by atoms with Crippen LogP contribution in [0.5, 0.6) is 0 Å². The molecule has 0 atom stereocenters. The summed E-state index contributed by atoms with van der Waals surface area (Å²) < 4.78 is 17.7. The number of aromatic nitrogens is 2. The van der Waals surface area contributed by atoms with Gasteiger partial charge in [-0.15, -0.1) is 0 Å². The van der Waals surface area contributed by atoms with Gasteiger partial charge in [-0.1, -0.05) is 33.6 Å². The molecule has 0 saturated carbocycles. The Kier molecular flexibility index (Phi) is 7.20. The minimum atomic E-state index is -0.550. The van der Waals surface area contributed by atoms with Gasteiger partial charge >= 0.3 is 6.03 Å². The van der Waals surface area contributed by atoms with E-state index in [9.17, 15) is 14.0 Å². The number of halogens is 1. The Labute approximate surface area is 156 Å². The van der Waals surface area contributed by atoms with Gasteiger partial charge in [0.1, 0.15) is 11.6 Å². The number of carbonyl (C=O) groups excluding carboxylic acids is 2. The number of nitrogens with one attached hydrogen (secondary N) is 2. The molecule has 1 aromatic carbocycles. The average molecular weight is 378 g/mol. The van der Waals surface area contributed by atoms with E-state index in [4.69, 9.17) is 0 Å². The van der Waals surface area contributed by atoms with Crippen LogP contribution in [0.4, 0.5) is 20.0 Å². The van der Waals surface area contributed by atoms with E-state index in [0.29, 0.717) is 17.4 Å². The third-order valence-corrected chi connectivity index (χ3v) is 4.36. The molecule has 0 bridgehead atoms. The van der Waals surface area contributed by atoms with Gasteiger partial charge in [-0.05, 0) is 24.6 Å². The third-order valence-electron chi connectivity index (χ3n) is 3.72. The van der Waals surface area contributed by atoms with E-state index in [1.54, 1.807) is 0 Å². The molecule has 0 aliphatic carbocycles. The summed E-state index contributed by atoms with van der Waals surface area (Å²) in [6.07, 6.45) is 2.98. The number of urea groups is 1. The number of ketones is 1. The maximum atomic E-state index is 13.6. The van der Waals surface area contributed by atoms with Crippen molar-refractivity contribution in [2.24, 2.45) is 0 Å². The number of hydrogen-bond donors (Lipinski definition) is 2. The highest BCUT2D eigenvalue weighted by atomic mass is 32.1. The van der Waals surface area contributed by atoms with E-state index >= 15 is 0 Å². The van der Waals surface area contributed by atoms with Gasteiger partial charge in [0, 0.05) is 29.4 Å². The molecular formula is C18H23FN4O2S. The Morgan fingerprint density at radius 3 is 2.65 bits per heavy atom. The summed E-state index contributed by atoms with van der Waals surface area (Å²) in [5.74, 6) is 0.111. The van der Waals surface area contributed by atoms with Gasteiger partial charge in [-0.25, -0.2) is 14.2 Å². The van der Waals surface area contributed by atoms with Gasteiger partial charge < -0.3 is 5.32 Å². The maximum absolute atomic E-state index is 13.6. The minimum Gasteiger partial charge on any atom is -0.307 e. The summed E-state index contributed by atoms with van der Waals surface area (Å²) >= 11 is 1.08. The average Bonchev–Trinajstić information content (AvgIpc) is 3.05. The number of rotatable bonds is 8. The van der Waals surface area contributed by atoms with Gasteiger partial charge in [-0.2, -0.15) is 4.37 Å². The number of nitrogens with zero attached hydrogens (tertiary/aromatic N) is 2. The summed E-state index contributed by atoms with van der Waals surface area (Å²) in [6.45, 7) is 5.96. The summed E-state index contributed by atoms with van der Waals surface area (Å²) in [7, 11) is 0. The second-order valence-corrected chi connectivity index (χ2v) is 7.01. The smallest absolute Gasteiger partial charge is 0.307 e. The van der Waals surface area contributed by atoms with Crippen LogP contribution < -0.4 is 10.6 Å². The number of amides is 2. The molecule has 1 aromatic heterocycles. The van der Waals surface area contributed by atoms with E-state index in [0.717, 1.165) is 36.9 Å². The van der Waals surface area contributed by atoms with Crippen LogP contribution in [0.15, 0.2) is 18.2 Å². The Morgan fingerprint density at radius 2 is 2.00 bits per heavy atom. The van der Waals surface area contributed by atoms with Crippen LogP contribution in [0, 0.1) is 5.82 Å². The lowest BCUT2D eigenvalue weighted by Crippen LogP contribution is -2.21. The van der Waals surface area contributed by atoms with Crippen molar-refractivity contribution in [3.8, 4) is 0 Å². The molecule has 140 valence electrons. The van der Waals surface area contributed by atoms with E-state index < -0.39 is 11.8 Å². The lowest BCUT2D eigenvalue weighted by atomic mass is 10.0. The van der Waals surface area contributed by atoms with Gasteiger partial charge in [0.25, 0.3) is 0 Å². The van der Waals surface area contributed by atoms with Crippen LogP contribution in [0.3, 0.4) is 0 Å². The van der Waals surface area contributed by atoms with Crippen molar-refractivity contribution >= 4 is 34.2 Å². The number of Topliss-reactive ketones (excluding diaryl/α,β-unsaturated/α-hetero) is 1. The van der Waals surface area contributed by atoms with Crippen molar-refractivity contribution in [2.45, 2.75) is 52.4 Å². The minimum absolute atomic E-state index is 0.161. The van der Waals surface area contributed by atoms with Crippen LogP contribution in [-0.4, -0.2) is 21.2 Å². The molecular weight excluding hydrogens is 355 g/mol. The number of carbonyl (C=O) groups is 2. The predicted octanol–water partition coefficient (Wildman–Crippen LogP) is 5.21. The lowest BCUT2D eigenvalue weighted by molar-refractivity contribution is 0.0979. The van der Waals surface area contributed by atoms with Crippen molar-refractivity contribution in [3.05, 3.63) is 35.4 Å². The number of benzene rings is 1. The zero-order chi connectivity index (χ0) is 19.1. The zero-order valence-corrected chi connectivity index (χ0v) is 16.0. The fourth-order valence-corrected chi connectivity index (χ4v) is 3.00. The first kappa shape index (κ1) is 20.0. The molecule has 2 aromatic rings. The quantitative estimate of drug-likeness (QED) is 0.488. The highest BCUT2D eigenvalue weighted by Crippen LogP contribution is 2.21. The van der Waals surface area contributed by atoms with Crippen molar-refractivity contribution in [2.75, 3.05) is 10.6 Å². The molecule has 0 radical (unpaired) electrons. The Balaban J connectivity index is 2.07. The highest BCUT2D eigenvalue weighted by molar-refractivity contribution is 7.09. The Morgan fingerprint density at radius 1 is 1.23 bits per heavy atom. The molecule has 0 fully saturated rings. The summed E-state index contributed by atoms with van der Waals surface area (Å²) in [5.41, 5.74) is 0.454. The van der Waals surface area contributed by atoms with Crippen LogP contribution in [0.2, 0.25) is 0 Å². The normalized spacial score (nSPS) is 10.8. The molecule has 2 rings (SSSR count). The molecule has 0 saturated heterocycles. The topological polar surface area (TPSA) is 84.0 Å². The molecule has 2 amide bonds. The predicted molar refractivity (Wildman–Crippen MR) is 102 cm³/mol. The molecule has 8 heteroatoms. The first-order valence-corrected chi connectivity index (χ1v) is 9.42. The molecule has 26 heavy (non-hydrogen) atoms. The van der Waals surface area contributed by atoms with Crippen LogP contribution in [0.25, 0.3) is 0 Å². The monoisotopic (exact) mass is 378 g/mol. The first-order chi connectivity index (χ1) is 12.4. The molecule has 6 nitrogen and oxygen atoms in total. The molecule has 0 aliphatic heterocycles. The van der Waals surface area contributed by atoms with E-state index in [1.807, 2.05) is 20.8 Å². The second-order valence-electron chi connectivity index (χ2n) is 6.26. The lowest BCUT2D eigenvalue weighted by Gasteiger charge is -2.11. The van der Waals surface area contributed by atoms with Gasteiger partial charge in [0.15, 0.2) is 5.78 Å².